The number of thiophene rings is 1. The van der Waals surface area contributed by atoms with Gasteiger partial charge in [-0.05, 0) is 56.7 Å². The van der Waals surface area contributed by atoms with Gasteiger partial charge in [0.1, 0.15) is 0 Å². The lowest BCUT2D eigenvalue weighted by atomic mass is 9.98. The Kier molecular flexibility index (Phi) is 5.60. The molecule has 2 N–H and O–H groups in total. The molecule has 0 radical (unpaired) electrons. The van der Waals surface area contributed by atoms with Crippen LogP contribution < -0.4 is 5.73 Å². The molecule has 2 rings (SSSR count). The van der Waals surface area contributed by atoms with E-state index in [9.17, 15) is 0 Å². The van der Waals surface area contributed by atoms with Gasteiger partial charge in [-0.25, -0.2) is 0 Å². The van der Waals surface area contributed by atoms with Crippen molar-refractivity contribution in [2.24, 2.45) is 11.7 Å². The maximum atomic E-state index is 6.25. The third kappa shape index (κ3) is 3.19. The second-order valence-corrected chi connectivity index (χ2v) is 7.10. The second kappa shape index (κ2) is 6.01. The first-order chi connectivity index (χ1) is 6.68. The Balaban J connectivity index is 0.00000112. The molecule has 1 saturated carbocycles. The molecule has 0 aromatic carbocycles. The third-order valence-electron chi connectivity index (χ3n) is 2.90. The quantitative estimate of drug-likeness (QED) is 0.783. The van der Waals surface area contributed by atoms with Crippen molar-refractivity contribution in [3.05, 3.63) is 19.2 Å². The zero-order chi connectivity index (χ0) is 10.1. The Hall–Kier alpha value is 0.910. The van der Waals surface area contributed by atoms with Crippen molar-refractivity contribution in [3.8, 4) is 0 Å². The molecule has 0 saturated heterocycles. The van der Waals surface area contributed by atoms with Gasteiger partial charge in [-0.1, -0.05) is 12.8 Å². The highest BCUT2D eigenvalue weighted by Crippen LogP contribution is 2.40. The molecule has 0 amide bonds. The van der Waals surface area contributed by atoms with Crippen LogP contribution in [-0.4, -0.2) is 0 Å². The zero-order valence-corrected chi connectivity index (χ0v) is 13.0. The first-order valence-corrected chi connectivity index (χ1v) is 7.29. The topological polar surface area (TPSA) is 26.0 Å². The molecule has 1 aliphatic carbocycles. The summed E-state index contributed by atoms with van der Waals surface area (Å²) in [5.74, 6) is 0.701. The number of hydrogen-bond acceptors (Lipinski definition) is 2. The summed E-state index contributed by atoms with van der Waals surface area (Å²) in [5.41, 5.74) is 6.25. The van der Waals surface area contributed by atoms with E-state index in [4.69, 9.17) is 5.73 Å². The van der Waals surface area contributed by atoms with E-state index in [-0.39, 0.29) is 18.4 Å². The zero-order valence-electron chi connectivity index (χ0n) is 8.21. The molecular formula is C10H14Br2ClNS. The third-order valence-corrected chi connectivity index (χ3v) is 6.26. The summed E-state index contributed by atoms with van der Waals surface area (Å²) in [6.45, 7) is 0. The standard InChI is InChI=1S/C10H13Br2NS.ClH/c11-7-5-8(14-10(7)12)9(13)6-3-1-2-4-6;/h5-6,9H,1-4,13H2;1H/t9-;/m0./s1. The minimum absolute atomic E-state index is 0. The van der Waals surface area contributed by atoms with E-state index in [1.54, 1.807) is 11.3 Å². The van der Waals surface area contributed by atoms with E-state index < -0.39 is 0 Å². The van der Waals surface area contributed by atoms with Gasteiger partial charge in [0.15, 0.2) is 0 Å². The molecule has 1 atom stereocenters. The van der Waals surface area contributed by atoms with Crippen molar-refractivity contribution < 1.29 is 0 Å². The average Bonchev–Trinajstić information content (AvgIpc) is 2.76. The van der Waals surface area contributed by atoms with Crippen LogP contribution in [-0.2, 0) is 0 Å². The van der Waals surface area contributed by atoms with Crippen LogP contribution in [0.15, 0.2) is 14.3 Å². The maximum Gasteiger partial charge on any atom is 0.0843 e. The van der Waals surface area contributed by atoms with Crippen molar-refractivity contribution >= 4 is 55.6 Å². The van der Waals surface area contributed by atoms with Crippen LogP contribution in [0.4, 0.5) is 0 Å². The summed E-state index contributed by atoms with van der Waals surface area (Å²) < 4.78 is 2.28. The minimum Gasteiger partial charge on any atom is -0.323 e. The molecule has 0 aliphatic heterocycles. The highest BCUT2D eigenvalue weighted by atomic mass is 79.9. The van der Waals surface area contributed by atoms with E-state index >= 15 is 0 Å². The van der Waals surface area contributed by atoms with Crippen LogP contribution in [0.1, 0.15) is 36.6 Å². The lowest BCUT2D eigenvalue weighted by molar-refractivity contribution is 0.450. The predicted octanol–water partition coefficient (Wildman–Crippen LogP) is 4.88. The number of hydrogen-bond donors (Lipinski definition) is 1. The normalized spacial score (nSPS) is 18.9. The number of halogens is 3. The van der Waals surface area contributed by atoms with Crippen LogP contribution in [0, 0.1) is 5.92 Å². The van der Waals surface area contributed by atoms with E-state index in [0.717, 1.165) is 8.26 Å². The summed E-state index contributed by atoms with van der Waals surface area (Å²) in [6, 6.07) is 2.39. The summed E-state index contributed by atoms with van der Waals surface area (Å²) in [4.78, 5) is 1.30. The predicted molar refractivity (Wildman–Crippen MR) is 75.9 cm³/mol. The van der Waals surface area contributed by atoms with E-state index in [0.29, 0.717) is 5.92 Å². The molecule has 0 spiro atoms. The molecule has 86 valence electrons. The molecule has 1 aromatic rings. The molecule has 15 heavy (non-hydrogen) atoms. The van der Waals surface area contributed by atoms with Crippen molar-refractivity contribution in [1.29, 1.82) is 0 Å². The van der Waals surface area contributed by atoms with Gasteiger partial charge >= 0.3 is 0 Å². The van der Waals surface area contributed by atoms with Crippen molar-refractivity contribution in [2.45, 2.75) is 31.7 Å². The lowest BCUT2D eigenvalue weighted by Crippen LogP contribution is -2.17. The first kappa shape index (κ1) is 14.0. The Morgan fingerprint density at radius 2 is 1.93 bits per heavy atom. The van der Waals surface area contributed by atoms with Crippen molar-refractivity contribution in [2.75, 3.05) is 0 Å². The number of rotatable bonds is 2. The van der Waals surface area contributed by atoms with Crippen LogP contribution in [0.2, 0.25) is 0 Å². The van der Waals surface area contributed by atoms with Gasteiger partial charge in [0, 0.05) is 15.4 Å². The summed E-state index contributed by atoms with van der Waals surface area (Å²) in [7, 11) is 0. The highest BCUT2D eigenvalue weighted by molar-refractivity contribution is 9.13. The SMILES string of the molecule is Cl.N[C@H](c1cc(Br)c(Br)s1)C1CCCC1. The first-order valence-electron chi connectivity index (χ1n) is 4.89. The molecule has 1 nitrogen and oxygen atoms in total. The van der Waals surface area contributed by atoms with Gasteiger partial charge < -0.3 is 5.73 Å². The van der Waals surface area contributed by atoms with Gasteiger partial charge in [0.25, 0.3) is 0 Å². The van der Waals surface area contributed by atoms with E-state index in [1.165, 1.54) is 30.6 Å². The average molecular weight is 376 g/mol. The van der Waals surface area contributed by atoms with E-state index in [1.807, 2.05) is 0 Å². The molecular weight excluding hydrogens is 361 g/mol. The van der Waals surface area contributed by atoms with Crippen LogP contribution in [0.3, 0.4) is 0 Å². The fourth-order valence-electron chi connectivity index (χ4n) is 2.08. The van der Waals surface area contributed by atoms with Gasteiger partial charge in [0.2, 0.25) is 0 Å². The molecule has 0 unspecified atom stereocenters. The fourth-order valence-corrected chi connectivity index (χ4v) is 4.26. The highest BCUT2D eigenvalue weighted by Gasteiger charge is 2.24. The lowest BCUT2D eigenvalue weighted by Gasteiger charge is -2.16. The fraction of sp³-hybridized carbons (Fsp3) is 0.600. The molecule has 1 fully saturated rings. The Morgan fingerprint density at radius 1 is 1.33 bits per heavy atom. The monoisotopic (exact) mass is 373 g/mol. The Labute approximate surface area is 117 Å². The van der Waals surface area contributed by atoms with Gasteiger partial charge in [-0.3, -0.25) is 0 Å². The smallest absolute Gasteiger partial charge is 0.0843 e. The summed E-state index contributed by atoms with van der Waals surface area (Å²) in [5, 5.41) is 0. The Bertz CT molecular complexity index is 304. The molecule has 5 heteroatoms. The maximum absolute atomic E-state index is 6.25. The van der Waals surface area contributed by atoms with Crippen molar-refractivity contribution in [1.82, 2.24) is 0 Å². The van der Waals surface area contributed by atoms with Crippen LogP contribution >= 0.6 is 55.6 Å². The van der Waals surface area contributed by atoms with Crippen LogP contribution in [0.5, 0.6) is 0 Å². The largest absolute Gasteiger partial charge is 0.323 e. The minimum atomic E-state index is 0. The molecule has 0 bridgehead atoms. The van der Waals surface area contributed by atoms with E-state index in [2.05, 4.69) is 37.9 Å². The molecule has 1 aromatic heterocycles. The van der Waals surface area contributed by atoms with Crippen molar-refractivity contribution in [3.63, 3.8) is 0 Å². The number of nitrogens with two attached hydrogens (primary N) is 1. The van der Waals surface area contributed by atoms with Gasteiger partial charge in [-0.2, -0.15) is 0 Å². The van der Waals surface area contributed by atoms with Gasteiger partial charge in [-0.15, -0.1) is 23.7 Å². The molecule has 1 aliphatic rings. The van der Waals surface area contributed by atoms with Gasteiger partial charge in [0.05, 0.1) is 3.79 Å². The van der Waals surface area contributed by atoms with Crippen LogP contribution in [0.25, 0.3) is 0 Å². The summed E-state index contributed by atoms with van der Waals surface area (Å²) >= 11 is 8.76. The summed E-state index contributed by atoms with van der Waals surface area (Å²) in [6.07, 6.45) is 5.31. The molecule has 1 heterocycles. The second-order valence-electron chi connectivity index (χ2n) is 3.84. The Morgan fingerprint density at radius 3 is 2.40 bits per heavy atom.